The minimum absolute atomic E-state index is 1.03. The first-order chi connectivity index (χ1) is 31.7. The van der Waals surface area contributed by atoms with Gasteiger partial charge in [0.25, 0.3) is 0 Å². The molecule has 0 atom stereocenters. The lowest BCUT2D eigenvalue weighted by Gasteiger charge is -2.20. The average molecular weight is 858 g/mol. The molecule has 0 amide bonds. The summed E-state index contributed by atoms with van der Waals surface area (Å²) < 4.78 is 6.95. The Hall–Kier alpha value is -3.71. The van der Waals surface area contributed by atoms with Gasteiger partial charge in [-0.1, -0.05) is 231 Å². The average Bonchev–Trinajstić information content (AvgIpc) is 3.31. The summed E-state index contributed by atoms with van der Waals surface area (Å²) in [5, 5.41) is 17.0. The quantitative estimate of drug-likeness (QED) is 0.0173. The molecule has 8 aromatic rings. The lowest BCUT2D eigenvalue weighted by molar-refractivity contribution is 0.556. The fraction of sp³-hybridized carbons (Fsp3) is 0.571. The second-order valence-corrected chi connectivity index (χ2v) is 20.7. The minimum atomic E-state index is 1.03. The first-order valence-corrected chi connectivity index (χ1v) is 27.6. The molecule has 0 aliphatic heterocycles. The Morgan fingerprint density at radius 2 is 0.547 bits per heavy atom. The predicted molar refractivity (Wildman–Crippen MR) is 286 cm³/mol. The molecule has 8 rings (SSSR count). The summed E-state index contributed by atoms with van der Waals surface area (Å²) >= 11 is 0. The third-order valence-electron chi connectivity index (χ3n) is 15.5. The van der Waals surface area contributed by atoms with Crippen LogP contribution in [0.4, 0.5) is 0 Å². The van der Waals surface area contributed by atoms with Crippen LogP contribution in [0.15, 0.2) is 65.1 Å². The molecule has 7 aromatic carbocycles. The third-order valence-corrected chi connectivity index (χ3v) is 15.5. The highest BCUT2D eigenvalue weighted by atomic mass is 16.3. The van der Waals surface area contributed by atoms with Gasteiger partial charge in [0, 0.05) is 28.3 Å². The highest BCUT2D eigenvalue weighted by molar-refractivity contribution is 6.46. The topological polar surface area (TPSA) is 11.3 Å². The van der Waals surface area contributed by atoms with Crippen LogP contribution in [0.1, 0.15) is 230 Å². The van der Waals surface area contributed by atoms with E-state index >= 15 is 0 Å². The molecule has 0 spiro atoms. The maximum atomic E-state index is 6.95. The van der Waals surface area contributed by atoms with Gasteiger partial charge in [-0.15, -0.1) is 0 Å². The smallest absolute Gasteiger partial charge is 0.207 e. The van der Waals surface area contributed by atoms with Crippen molar-refractivity contribution in [3.05, 3.63) is 77.4 Å². The van der Waals surface area contributed by atoms with Crippen LogP contribution in [0.2, 0.25) is 0 Å². The Bertz CT molecular complexity index is 2430. The summed E-state index contributed by atoms with van der Waals surface area (Å²) in [5.74, 6) is 0. The fourth-order valence-electron chi connectivity index (χ4n) is 11.9. The molecule has 0 aliphatic carbocycles. The Kier molecular flexibility index (Phi) is 17.7. The van der Waals surface area contributed by atoms with Crippen molar-refractivity contribution in [1.82, 2.24) is 0 Å². The van der Waals surface area contributed by atoms with Gasteiger partial charge in [-0.2, -0.15) is 0 Å². The standard InChI is InChI=1S/C63H85O/c1-4-7-10-13-16-19-22-25-28-31-34-47-41-50-37-39-56-61-58(50)52(43-47)54-45-49(36-33-30-27-24-21-18-15-12-9-6-3)46-55-53-44-48(35-32-29-26-23-20-17-14-11-8-5-2)42-51-38-40-57(64-56)62(59(51)53)63(61)60(54)55/h37-46H,4-36H2,1-3H3/q+1. The Balaban J connectivity index is 1.10. The molecular weight excluding hydrogens is 773 g/mol. The van der Waals surface area contributed by atoms with Crippen LogP contribution in [0, 0.1) is 0 Å². The van der Waals surface area contributed by atoms with Gasteiger partial charge in [-0.05, 0) is 105 Å². The SMILES string of the molecule is CCCCCCCCCCCCc1cc2ccc3[o+]c4ccc5cc(CCCCCCCCCCCC)cc6c7cc(CCCCCCCCCCCC)cc8c(c1)c2c3c(c87)c4c56. The normalized spacial score (nSPS) is 12.5. The largest absolute Gasteiger partial charge is 0.362 e. The van der Waals surface area contributed by atoms with Crippen molar-refractivity contribution in [2.45, 2.75) is 233 Å². The monoisotopic (exact) mass is 858 g/mol. The lowest BCUT2D eigenvalue weighted by Crippen LogP contribution is -1.98. The van der Waals surface area contributed by atoms with Crippen molar-refractivity contribution in [3.63, 3.8) is 0 Å². The third kappa shape index (κ3) is 11.3. The summed E-state index contributed by atoms with van der Waals surface area (Å²) in [5.41, 5.74) is 6.61. The van der Waals surface area contributed by atoms with E-state index in [1.807, 2.05) is 0 Å². The number of benzene rings is 7. The maximum Gasteiger partial charge on any atom is 0.362 e. The van der Waals surface area contributed by atoms with E-state index in [9.17, 15) is 0 Å². The molecular formula is C63H85O+. The zero-order chi connectivity index (χ0) is 43.9. The number of hydrogen-bond acceptors (Lipinski definition) is 0. The molecule has 0 unspecified atom stereocenters. The molecule has 0 N–H and O–H groups in total. The molecule has 1 nitrogen and oxygen atoms in total. The van der Waals surface area contributed by atoms with Crippen LogP contribution < -0.4 is 0 Å². The number of unbranched alkanes of at least 4 members (excludes halogenated alkanes) is 27. The van der Waals surface area contributed by atoms with Crippen LogP contribution in [0.25, 0.3) is 75.8 Å². The molecule has 0 aliphatic rings. The lowest BCUT2D eigenvalue weighted by atomic mass is 9.81. The van der Waals surface area contributed by atoms with E-state index < -0.39 is 0 Å². The van der Waals surface area contributed by atoms with E-state index in [1.54, 1.807) is 0 Å². The van der Waals surface area contributed by atoms with Crippen molar-refractivity contribution >= 4 is 75.8 Å². The summed E-state index contributed by atoms with van der Waals surface area (Å²) in [4.78, 5) is 0. The number of hydrogen-bond donors (Lipinski definition) is 0. The molecule has 1 aromatic heterocycles. The van der Waals surface area contributed by atoms with Crippen LogP contribution >= 0.6 is 0 Å². The highest BCUT2D eigenvalue weighted by Gasteiger charge is 2.29. The van der Waals surface area contributed by atoms with E-state index in [2.05, 4.69) is 81.4 Å². The van der Waals surface area contributed by atoms with Gasteiger partial charge in [0.2, 0.25) is 0 Å². The summed E-state index contributed by atoms with van der Waals surface area (Å²) in [6.07, 6.45) is 44.9. The van der Waals surface area contributed by atoms with Crippen molar-refractivity contribution in [1.29, 1.82) is 0 Å². The zero-order valence-corrected chi connectivity index (χ0v) is 41.0. The molecule has 0 radical (unpaired) electrons. The van der Waals surface area contributed by atoms with Crippen molar-refractivity contribution in [2.24, 2.45) is 0 Å². The van der Waals surface area contributed by atoms with Crippen molar-refractivity contribution in [3.8, 4) is 0 Å². The molecule has 1 heteroatoms. The summed E-state index contributed by atoms with van der Waals surface area (Å²) in [6, 6.07) is 24.8. The Morgan fingerprint density at radius 1 is 0.266 bits per heavy atom. The van der Waals surface area contributed by atoms with Crippen LogP contribution in [0.3, 0.4) is 0 Å². The number of aryl methyl sites for hydroxylation is 3. The van der Waals surface area contributed by atoms with E-state index in [1.165, 1.54) is 287 Å². The Labute approximate surface area is 388 Å². The molecule has 0 fully saturated rings. The highest BCUT2D eigenvalue weighted by Crippen LogP contribution is 2.51. The van der Waals surface area contributed by atoms with Crippen molar-refractivity contribution in [2.75, 3.05) is 0 Å². The first-order valence-electron chi connectivity index (χ1n) is 27.6. The molecule has 0 bridgehead atoms. The number of rotatable bonds is 33. The van der Waals surface area contributed by atoms with Gasteiger partial charge in [0.15, 0.2) is 0 Å². The van der Waals surface area contributed by atoms with Crippen LogP contribution in [-0.2, 0) is 19.3 Å². The minimum Gasteiger partial charge on any atom is -0.207 e. The summed E-state index contributed by atoms with van der Waals surface area (Å²) in [6.45, 7) is 6.95. The van der Waals surface area contributed by atoms with Crippen LogP contribution in [-0.4, -0.2) is 0 Å². The number of fused-ring (bicyclic) bond motifs is 2. The molecule has 0 saturated carbocycles. The molecule has 342 valence electrons. The van der Waals surface area contributed by atoms with Crippen molar-refractivity contribution < 1.29 is 4.42 Å². The van der Waals surface area contributed by atoms with E-state index in [4.69, 9.17) is 4.42 Å². The van der Waals surface area contributed by atoms with Gasteiger partial charge < -0.3 is 0 Å². The first kappa shape index (κ1) is 46.8. The molecule has 64 heavy (non-hydrogen) atoms. The van der Waals surface area contributed by atoms with Gasteiger partial charge in [0.05, 0.1) is 10.8 Å². The van der Waals surface area contributed by atoms with Gasteiger partial charge >= 0.3 is 11.2 Å². The maximum absolute atomic E-state index is 6.95. The van der Waals surface area contributed by atoms with Gasteiger partial charge in [0.1, 0.15) is 0 Å². The second kappa shape index (κ2) is 24.2. The summed E-state index contributed by atoms with van der Waals surface area (Å²) in [7, 11) is 0. The second-order valence-electron chi connectivity index (χ2n) is 20.7. The molecule has 1 heterocycles. The van der Waals surface area contributed by atoms with E-state index in [-0.39, 0.29) is 0 Å². The van der Waals surface area contributed by atoms with Crippen LogP contribution in [0.5, 0.6) is 0 Å². The fourth-order valence-corrected chi connectivity index (χ4v) is 11.9. The van der Waals surface area contributed by atoms with Gasteiger partial charge in [-0.3, -0.25) is 0 Å². The molecule has 0 saturated heterocycles. The van der Waals surface area contributed by atoms with E-state index in [0.717, 1.165) is 17.6 Å². The van der Waals surface area contributed by atoms with Gasteiger partial charge in [-0.25, -0.2) is 4.42 Å². The van der Waals surface area contributed by atoms with E-state index in [0.29, 0.717) is 0 Å². The predicted octanol–water partition coefficient (Wildman–Crippen LogP) is 21.3. The zero-order valence-electron chi connectivity index (χ0n) is 41.0. The Morgan fingerprint density at radius 3 is 0.875 bits per heavy atom.